The zero-order valence-corrected chi connectivity index (χ0v) is 17.4. The molecule has 2 aromatic rings. The lowest BCUT2D eigenvalue weighted by molar-refractivity contribution is -0.132. The number of benzene rings is 2. The molecular weight excluding hydrogens is 388 g/mol. The van der Waals surface area contributed by atoms with Gasteiger partial charge < -0.3 is 19.7 Å². The smallest absolute Gasteiger partial charge is 0.231 e. The molecule has 1 amide bonds. The van der Waals surface area contributed by atoms with Gasteiger partial charge in [-0.05, 0) is 48.1 Å². The molecule has 5 rings (SSSR count). The molecule has 3 heterocycles. The molecule has 0 spiro atoms. The third kappa shape index (κ3) is 3.69. The molecule has 6 heteroatoms. The van der Waals surface area contributed by atoms with Crippen LogP contribution in [-0.4, -0.2) is 37.2 Å². The number of carbonyl (C=O) groups excluding carboxylic acids is 1. The molecule has 0 bridgehead atoms. The van der Waals surface area contributed by atoms with E-state index >= 15 is 0 Å². The van der Waals surface area contributed by atoms with Gasteiger partial charge in [-0.3, -0.25) is 4.79 Å². The first kappa shape index (κ1) is 20.0. The summed E-state index contributed by atoms with van der Waals surface area (Å²) in [6.07, 6.45) is 1.24. The van der Waals surface area contributed by atoms with Crippen molar-refractivity contribution in [3.63, 3.8) is 0 Å². The molecule has 1 N–H and O–H groups in total. The Hall–Kier alpha value is -2.24. The van der Waals surface area contributed by atoms with E-state index in [2.05, 4.69) is 41.4 Å². The molecule has 3 aliphatic rings. The number of amides is 1. The summed E-state index contributed by atoms with van der Waals surface area (Å²) < 4.78 is 10.8. The minimum atomic E-state index is 0. The number of fused-ring (bicyclic) bond motifs is 2. The van der Waals surface area contributed by atoms with Gasteiger partial charge in [-0.2, -0.15) is 0 Å². The lowest BCUT2D eigenvalue weighted by Crippen LogP contribution is -2.35. The molecule has 0 saturated carbocycles. The predicted octanol–water partition coefficient (Wildman–Crippen LogP) is 3.50. The summed E-state index contributed by atoms with van der Waals surface area (Å²) in [5.41, 5.74) is 3.69. The van der Waals surface area contributed by atoms with Crippen LogP contribution < -0.4 is 14.8 Å². The van der Waals surface area contributed by atoms with Crippen molar-refractivity contribution < 1.29 is 14.3 Å². The number of nitrogens with one attached hydrogen (secondary N) is 1. The van der Waals surface area contributed by atoms with Crippen molar-refractivity contribution in [1.29, 1.82) is 0 Å². The molecule has 0 radical (unpaired) electrons. The fourth-order valence-electron chi connectivity index (χ4n) is 4.99. The molecule has 154 valence electrons. The van der Waals surface area contributed by atoms with Gasteiger partial charge >= 0.3 is 0 Å². The van der Waals surface area contributed by atoms with Crippen LogP contribution >= 0.6 is 12.4 Å². The van der Waals surface area contributed by atoms with Gasteiger partial charge in [0.1, 0.15) is 0 Å². The molecule has 0 aromatic heterocycles. The Morgan fingerprint density at radius 1 is 1.14 bits per heavy atom. The maximum absolute atomic E-state index is 13.2. The zero-order chi connectivity index (χ0) is 19.1. The highest BCUT2D eigenvalue weighted by atomic mass is 35.5. The van der Waals surface area contributed by atoms with E-state index in [1.54, 1.807) is 0 Å². The van der Waals surface area contributed by atoms with Crippen molar-refractivity contribution >= 4 is 18.3 Å². The van der Waals surface area contributed by atoms with Crippen LogP contribution in [0, 0.1) is 18.8 Å². The number of aryl methyl sites for hydroxylation is 2. The molecule has 5 nitrogen and oxygen atoms in total. The monoisotopic (exact) mass is 414 g/mol. The van der Waals surface area contributed by atoms with Crippen molar-refractivity contribution in [1.82, 2.24) is 10.2 Å². The van der Waals surface area contributed by atoms with Crippen LogP contribution in [0.5, 0.6) is 11.5 Å². The number of likely N-dealkylation sites (tertiary alicyclic amines) is 1. The zero-order valence-electron chi connectivity index (χ0n) is 16.6. The summed E-state index contributed by atoms with van der Waals surface area (Å²) >= 11 is 0. The standard InChI is InChI=1S/C23H26N2O3.ClH/c1-15-4-2-3-5-18(15)23-19-12-24-11-17(19)13-25(23)22(26)9-7-16-6-8-20-21(10-16)28-14-27-20;/h2-6,8,10,17,19,23-24H,7,9,11-14H2,1H3;1H/t17-,19-,23+;/m0./s1. The summed E-state index contributed by atoms with van der Waals surface area (Å²) in [5.74, 6) is 2.88. The second-order valence-corrected chi connectivity index (χ2v) is 8.12. The van der Waals surface area contributed by atoms with Crippen molar-refractivity contribution in [2.75, 3.05) is 26.4 Å². The molecule has 2 fully saturated rings. The van der Waals surface area contributed by atoms with E-state index < -0.39 is 0 Å². The number of rotatable bonds is 4. The largest absolute Gasteiger partial charge is 0.454 e. The highest BCUT2D eigenvalue weighted by molar-refractivity contribution is 5.85. The van der Waals surface area contributed by atoms with E-state index in [0.717, 1.165) is 43.1 Å². The van der Waals surface area contributed by atoms with Gasteiger partial charge in [0.2, 0.25) is 12.7 Å². The Morgan fingerprint density at radius 3 is 2.83 bits per heavy atom. The molecule has 3 atom stereocenters. The van der Waals surface area contributed by atoms with Crippen LogP contribution in [0.3, 0.4) is 0 Å². The van der Waals surface area contributed by atoms with E-state index in [0.29, 0.717) is 18.3 Å². The third-order valence-corrected chi connectivity index (χ3v) is 6.46. The summed E-state index contributed by atoms with van der Waals surface area (Å²) in [7, 11) is 0. The lowest BCUT2D eigenvalue weighted by atomic mass is 9.87. The van der Waals surface area contributed by atoms with E-state index in [-0.39, 0.29) is 31.1 Å². The summed E-state index contributed by atoms with van der Waals surface area (Å²) in [6, 6.07) is 14.7. The maximum Gasteiger partial charge on any atom is 0.231 e. The van der Waals surface area contributed by atoms with E-state index in [4.69, 9.17) is 9.47 Å². The van der Waals surface area contributed by atoms with Crippen LogP contribution in [0.4, 0.5) is 0 Å². The molecule has 0 aliphatic carbocycles. The molecule has 0 unspecified atom stereocenters. The van der Waals surface area contributed by atoms with Crippen molar-refractivity contribution in [2.45, 2.75) is 25.8 Å². The molecule has 29 heavy (non-hydrogen) atoms. The SMILES string of the molecule is Cc1ccccc1[C@@H]1[C@H]2CNC[C@H]2CN1C(=O)CCc1ccc2c(c1)OCO2.Cl. The van der Waals surface area contributed by atoms with Crippen molar-refractivity contribution in [3.05, 3.63) is 59.2 Å². The Labute approximate surface area is 177 Å². The fourth-order valence-corrected chi connectivity index (χ4v) is 4.99. The second-order valence-electron chi connectivity index (χ2n) is 8.12. The summed E-state index contributed by atoms with van der Waals surface area (Å²) in [6.45, 7) is 5.30. The number of hydrogen-bond donors (Lipinski definition) is 1. The molecular formula is C23H27ClN2O3. The van der Waals surface area contributed by atoms with E-state index in [1.807, 2.05) is 18.2 Å². The minimum absolute atomic E-state index is 0. The molecule has 2 saturated heterocycles. The minimum Gasteiger partial charge on any atom is -0.454 e. The summed E-state index contributed by atoms with van der Waals surface area (Å²) in [4.78, 5) is 15.4. The highest BCUT2D eigenvalue weighted by Gasteiger charge is 2.46. The van der Waals surface area contributed by atoms with E-state index in [1.165, 1.54) is 11.1 Å². The van der Waals surface area contributed by atoms with Gasteiger partial charge in [0.25, 0.3) is 0 Å². The van der Waals surface area contributed by atoms with Crippen LogP contribution in [0.15, 0.2) is 42.5 Å². The van der Waals surface area contributed by atoms with Gasteiger partial charge in [-0.25, -0.2) is 0 Å². The van der Waals surface area contributed by atoms with Gasteiger partial charge in [0.15, 0.2) is 11.5 Å². The van der Waals surface area contributed by atoms with Gasteiger partial charge in [-0.15, -0.1) is 12.4 Å². The maximum atomic E-state index is 13.2. The van der Waals surface area contributed by atoms with Gasteiger partial charge in [0, 0.05) is 32.0 Å². The Morgan fingerprint density at radius 2 is 1.97 bits per heavy atom. The number of nitrogens with zero attached hydrogens (tertiary/aromatic N) is 1. The average Bonchev–Trinajstić information content (AvgIpc) is 3.41. The van der Waals surface area contributed by atoms with Crippen LogP contribution in [0.25, 0.3) is 0 Å². The van der Waals surface area contributed by atoms with Crippen molar-refractivity contribution in [2.24, 2.45) is 11.8 Å². The number of halogens is 1. The predicted molar refractivity (Wildman–Crippen MR) is 114 cm³/mol. The number of hydrogen-bond acceptors (Lipinski definition) is 4. The summed E-state index contributed by atoms with van der Waals surface area (Å²) in [5, 5.41) is 3.52. The highest BCUT2D eigenvalue weighted by Crippen LogP contribution is 2.44. The van der Waals surface area contributed by atoms with E-state index in [9.17, 15) is 4.79 Å². The Kier molecular flexibility index (Phi) is 5.70. The Bertz CT molecular complexity index is 903. The second kappa shape index (κ2) is 8.25. The van der Waals surface area contributed by atoms with Crippen molar-refractivity contribution in [3.8, 4) is 11.5 Å². The first-order valence-electron chi connectivity index (χ1n) is 10.1. The van der Waals surface area contributed by atoms with Crippen LogP contribution in [0.1, 0.15) is 29.2 Å². The van der Waals surface area contributed by atoms with Gasteiger partial charge in [0.05, 0.1) is 6.04 Å². The fraction of sp³-hybridized carbons (Fsp3) is 0.435. The first-order chi connectivity index (χ1) is 13.7. The quantitative estimate of drug-likeness (QED) is 0.831. The normalized spacial score (nSPS) is 24.3. The molecule has 3 aliphatic heterocycles. The van der Waals surface area contributed by atoms with Crippen LogP contribution in [0.2, 0.25) is 0 Å². The lowest BCUT2D eigenvalue weighted by Gasteiger charge is -2.29. The first-order valence-corrected chi connectivity index (χ1v) is 10.1. The Balaban J connectivity index is 0.00000205. The number of carbonyl (C=O) groups is 1. The average molecular weight is 415 g/mol. The molecule has 2 aromatic carbocycles. The number of ether oxygens (including phenoxy) is 2. The third-order valence-electron chi connectivity index (χ3n) is 6.46. The topological polar surface area (TPSA) is 50.8 Å². The van der Waals surface area contributed by atoms with Gasteiger partial charge in [-0.1, -0.05) is 30.3 Å². The van der Waals surface area contributed by atoms with Crippen LogP contribution in [-0.2, 0) is 11.2 Å².